The van der Waals surface area contributed by atoms with Crippen LogP contribution < -0.4 is 5.73 Å². The lowest BCUT2D eigenvalue weighted by atomic mass is 9.88. The van der Waals surface area contributed by atoms with Crippen LogP contribution in [0.2, 0.25) is 0 Å². The maximum absolute atomic E-state index is 12.9. The molecule has 1 fully saturated rings. The summed E-state index contributed by atoms with van der Waals surface area (Å²) < 4.78 is 50.8. The minimum atomic E-state index is -4.41. The first-order valence-electron chi connectivity index (χ1n) is 7.25. The third-order valence-electron chi connectivity index (χ3n) is 4.09. The molecule has 2 aromatic rings. The van der Waals surface area contributed by atoms with E-state index in [4.69, 9.17) is 5.73 Å². The van der Waals surface area contributed by atoms with E-state index in [1.54, 1.807) is 12.1 Å². The van der Waals surface area contributed by atoms with E-state index in [9.17, 15) is 22.4 Å². The van der Waals surface area contributed by atoms with Crippen molar-refractivity contribution in [3.8, 4) is 0 Å². The van der Waals surface area contributed by atoms with Crippen molar-refractivity contribution in [1.82, 2.24) is 4.90 Å². The van der Waals surface area contributed by atoms with Crippen LogP contribution in [0, 0.1) is 5.82 Å². The first-order valence-corrected chi connectivity index (χ1v) is 7.25. The molecule has 7 heteroatoms. The van der Waals surface area contributed by atoms with Crippen LogP contribution in [0.1, 0.15) is 22.7 Å². The predicted molar refractivity (Wildman–Crippen MR) is 79.1 cm³/mol. The molecule has 0 bridgehead atoms. The lowest BCUT2D eigenvalue weighted by molar-refractivity contribution is -0.150. The predicted octanol–water partition coefficient (Wildman–Crippen LogP) is 3.26. The largest absolute Gasteiger partial charge is 0.416 e. The molecular weight excluding hydrogens is 324 g/mol. The Balaban J connectivity index is 1.80. The fourth-order valence-corrected chi connectivity index (χ4v) is 2.79. The van der Waals surface area contributed by atoms with Gasteiger partial charge in [0.2, 0.25) is 5.91 Å². The lowest BCUT2D eigenvalue weighted by Crippen LogP contribution is -2.62. The van der Waals surface area contributed by atoms with E-state index in [2.05, 4.69) is 0 Å². The summed E-state index contributed by atoms with van der Waals surface area (Å²) in [7, 11) is 0. The minimum Gasteiger partial charge on any atom is -0.328 e. The number of nitrogens with zero attached hydrogens (tertiary/aromatic N) is 1. The van der Waals surface area contributed by atoms with Crippen LogP contribution in [-0.4, -0.2) is 16.8 Å². The SMILES string of the molecule is NC1C(=O)N(Cc2ccc(F)cc2)C1c1ccc(C(F)(F)F)cc1. The minimum absolute atomic E-state index is 0.221. The summed E-state index contributed by atoms with van der Waals surface area (Å²) in [6.07, 6.45) is -4.41. The van der Waals surface area contributed by atoms with Crippen LogP contribution >= 0.6 is 0 Å². The van der Waals surface area contributed by atoms with Gasteiger partial charge in [-0.15, -0.1) is 0 Å². The van der Waals surface area contributed by atoms with E-state index < -0.39 is 23.8 Å². The Hall–Kier alpha value is -2.41. The summed E-state index contributed by atoms with van der Waals surface area (Å²) in [5.74, 6) is -0.672. The van der Waals surface area contributed by atoms with E-state index in [1.807, 2.05) is 0 Å². The first-order chi connectivity index (χ1) is 11.3. The smallest absolute Gasteiger partial charge is 0.328 e. The zero-order chi connectivity index (χ0) is 17.5. The second-order valence-corrected chi connectivity index (χ2v) is 5.68. The highest BCUT2D eigenvalue weighted by molar-refractivity contribution is 5.89. The molecule has 1 amide bonds. The van der Waals surface area contributed by atoms with Crippen LogP contribution in [0.5, 0.6) is 0 Å². The maximum Gasteiger partial charge on any atom is 0.416 e. The molecule has 1 heterocycles. The molecule has 1 aliphatic heterocycles. The van der Waals surface area contributed by atoms with E-state index in [0.29, 0.717) is 11.1 Å². The fraction of sp³-hybridized carbons (Fsp3) is 0.235. The Morgan fingerprint density at radius 1 is 1.00 bits per heavy atom. The number of hydrogen-bond acceptors (Lipinski definition) is 2. The third kappa shape index (κ3) is 2.99. The molecule has 3 nitrogen and oxygen atoms in total. The highest BCUT2D eigenvalue weighted by Gasteiger charge is 2.45. The molecule has 3 rings (SSSR count). The van der Waals surface area contributed by atoms with Gasteiger partial charge in [0.15, 0.2) is 0 Å². The van der Waals surface area contributed by atoms with Gasteiger partial charge in [-0.1, -0.05) is 24.3 Å². The number of benzene rings is 2. The number of rotatable bonds is 3. The Labute approximate surface area is 135 Å². The molecule has 0 aliphatic carbocycles. The number of likely N-dealkylation sites (tertiary alicyclic amines) is 1. The fourth-order valence-electron chi connectivity index (χ4n) is 2.79. The molecule has 0 radical (unpaired) electrons. The molecule has 0 saturated carbocycles. The van der Waals surface area contributed by atoms with E-state index in [1.165, 1.54) is 29.2 Å². The molecule has 2 N–H and O–H groups in total. The van der Waals surface area contributed by atoms with Crippen molar-refractivity contribution >= 4 is 5.91 Å². The number of β-lactam (4-membered cyclic amide) rings is 1. The Bertz CT molecular complexity index is 741. The first kappa shape index (κ1) is 16.4. The summed E-state index contributed by atoms with van der Waals surface area (Å²) in [6, 6.07) is 9.00. The zero-order valence-corrected chi connectivity index (χ0v) is 12.4. The summed E-state index contributed by atoms with van der Waals surface area (Å²) in [5, 5.41) is 0. The maximum atomic E-state index is 12.9. The quantitative estimate of drug-likeness (QED) is 0.690. The summed E-state index contributed by atoms with van der Waals surface area (Å²) in [4.78, 5) is 13.5. The topological polar surface area (TPSA) is 46.3 Å². The molecule has 1 saturated heterocycles. The van der Waals surface area contributed by atoms with E-state index in [0.717, 1.165) is 12.1 Å². The van der Waals surface area contributed by atoms with E-state index in [-0.39, 0.29) is 18.3 Å². The van der Waals surface area contributed by atoms with Crippen molar-refractivity contribution in [2.75, 3.05) is 0 Å². The van der Waals surface area contributed by atoms with Gasteiger partial charge in [-0.2, -0.15) is 13.2 Å². The van der Waals surface area contributed by atoms with Crippen LogP contribution in [-0.2, 0) is 17.5 Å². The van der Waals surface area contributed by atoms with Gasteiger partial charge in [0.25, 0.3) is 0 Å². The molecule has 0 aromatic heterocycles. The van der Waals surface area contributed by atoms with Crippen LogP contribution in [0.25, 0.3) is 0 Å². The second-order valence-electron chi connectivity index (χ2n) is 5.68. The highest BCUT2D eigenvalue weighted by Crippen LogP contribution is 2.37. The van der Waals surface area contributed by atoms with Crippen molar-refractivity contribution in [2.45, 2.75) is 24.8 Å². The zero-order valence-electron chi connectivity index (χ0n) is 12.4. The molecule has 24 heavy (non-hydrogen) atoms. The van der Waals surface area contributed by atoms with Gasteiger partial charge in [-0.25, -0.2) is 4.39 Å². The van der Waals surface area contributed by atoms with Gasteiger partial charge in [0.05, 0.1) is 11.6 Å². The van der Waals surface area contributed by atoms with Gasteiger partial charge >= 0.3 is 6.18 Å². The average Bonchev–Trinajstić information content (AvgIpc) is 2.55. The van der Waals surface area contributed by atoms with Crippen molar-refractivity contribution in [1.29, 1.82) is 0 Å². The standard InChI is InChI=1S/C17H14F4N2O/c18-13-7-1-10(2-8-13)9-23-15(14(22)16(23)24)11-3-5-12(6-4-11)17(19,20)21/h1-8,14-15H,9,22H2. The van der Waals surface area contributed by atoms with Gasteiger partial charge in [-0.05, 0) is 35.4 Å². The Kier molecular flexibility index (Phi) is 4.04. The van der Waals surface area contributed by atoms with Crippen molar-refractivity contribution < 1.29 is 22.4 Å². The summed E-state index contributed by atoms with van der Waals surface area (Å²) in [5.41, 5.74) is 6.32. The third-order valence-corrected chi connectivity index (χ3v) is 4.09. The molecule has 2 atom stereocenters. The Morgan fingerprint density at radius 2 is 1.58 bits per heavy atom. The van der Waals surface area contributed by atoms with Crippen molar-refractivity contribution in [2.24, 2.45) is 5.73 Å². The van der Waals surface area contributed by atoms with E-state index >= 15 is 0 Å². The monoisotopic (exact) mass is 338 g/mol. The van der Waals surface area contributed by atoms with Gasteiger partial charge in [-0.3, -0.25) is 4.79 Å². The van der Waals surface area contributed by atoms with Gasteiger partial charge in [0.1, 0.15) is 11.9 Å². The number of carbonyl (C=O) groups excluding carboxylic acids is 1. The Morgan fingerprint density at radius 3 is 2.12 bits per heavy atom. The molecule has 0 spiro atoms. The summed E-state index contributed by atoms with van der Waals surface area (Å²) in [6.45, 7) is 0.221. The lowest BCUT2D eigenvalue weighted by Gasteiger charge is -2.45. The highest BCUT2D eigenvalue weighted by atomic mass is 19.4. The van der Waals surface area contributed by atoms with Crippen LogP contribution in [0.3, 0.4) is 0 Å². The van der Waals surface area contributed by atoms with Gasteiger partial charge in [0, 0.05) is 6.54 Å². The molecular formula is C17H14F4N2O. The number of nitrogens with two attached hydrogens (primary N) is 1. The van der Waals surface area contributed by atoms with Crippen LogP contribution in [0.4, 0.5) is 17.6 Å². The average molecular weight is 338 g/mol. The number of halogens is 4. The van der Waals surface area contributed by atoms with Crippen molar-refractivity contribution in [3.63, 3.8) is 0 Å². The summed E-state index contributed by atoms with van der Waals surface area (Å²) >= 11 is 0. The number of hydrogen-bond donors (Lipinski definition) is 1. The number of alkyl halides is 3. The molecule has 126 valence electrons. The molecule has 1 aliphatic rings. The molecule has 2 unspecified atom stereocenters. The number of carbonyl (C=O) groups is 1. The second kappa shape index (κ2) is 5.90. The van der Waals surface area contributed by atoms with Crippen LogP contribution in [0.15, 0.2) is 48.5 Å². The molecule has 2 aromatic carbocycles. The number of amides is 1. The van der Waals surface area contributed by atoms with Gasteiger partial charge < -0.3 is 10.6 Å². The normalized spacial score (nSPS) is 20.9. The van der Waals surface area contributed by atoms with Crippen molar-refractivity contribution in [3.05, 3.63) is 71.0 Å².